The minimum Gasteiger partial charge on any atom is -0.454 e. The summed E-state index contributed by atoms with van der Waals surface area (Å²) >= 11 is 0. The highest BCUT2D eigenvalue weighted by atomic mass is 28.3. The Morgan fingerprint density at radius 1 is 1.42 bits per heavy atom. The van der Waals surface area contributed by atoms with Gasteiger partial charge in [-0.15, -0.1) is 0 Å². The third-order valence-corrected chi connectivity index (χ3v) is 2.81. The van der Waals surface area contributed by atoms with Crippen LogP contribution >= 0.6 is 0 Å². The monoisotopic (exact) mass is 191 g/mol. The molecule has 0 bridgehead atoms. The van der Waals surface area contributed by atoms with Crippen LogP contribution in [-0.4, -0.2) is 20.2 Å². The largest absolute Gasteiger partial charge is 0.454 e. The zero-order chi connectivity index (χ0) is 8.81. The molecular formula is C9H11OSi2. The van der Waals surface area contributed by atoms with Crippen LogP contribution in [0.2, 0.25) is 0 Å². The van der Waals surface area contributed by atoms with E-state index in [4.69, 9.17) is 4.12 Å². The molecule has 0 aliphatic rings. The van der Waals surface area contributed by atoms with Gasteiger partial charge in [0.05, 0.1) is 0 Å². The van der Waals surface area contributed by atoms with Crippen molar-refractivity contribution < 1.29 is 4.12 Å². The van der Waals surface area contributed by atoms with Crippen molar-refractivity contribution in [2.75, 3.05) is 0 Å². The summed E-state index contributed by atoms with van der Waals surface area (Å²) in [5, 5.41) is 1.30. The van der Waals surface area contributed by atoms with Crippen LogP contribution in [0.5, 0.6) is 0 Å². The van der Waals surface area contributed by atoms with E-state index in [-0.39, 0.29) is 0 Å². The molecule has 0 fully saturated rings. The molecule has 1 aromatic rings. The van der Waals surface area contributed by atoms with Gasteiger partial charge in [-0.25, -0.2) is 0 Å². The van der Waals surface area contributed by atoms with Crippen LogP contribution in [0, 0.1) is 0 Å². The van der Waals surface area contributed by atoms with E-state index in [0.717, 1.165) is 6.42 Å². The SMILES string of the molecule is CCCc1ccccc1[Si]O[Si]. The van der Waals surface area contributed by atoms with Crippen molar-refractivity contribution in [3.8, 4) is 0 Å². The lowest BCUT2D eigenvalue weighted by atomic mass is 10.1. The first-order chi connectivity index (χ1) is 5.88. The molecule has 0 aliphatic carbocycles. The lowest BCUT2D eigenvalue weighted by Gasteiger charge is -2.05. The molecule has 0 saturated heterocycles. The molecule has 12 heavy (non-hydrogen) atoms. The van der Waals surface area contributed by atoms with Crippen LogP contribution in [0.3, 0.4) is 0 Å². The standard InChI is InChI=1S/C9H11OSi2/c1-2-5-8-6-3-4-7-9(8)12-10-11/h3-4,6-7H,2,5H2,1H3. The van der Waals surface area contributed by atoms with Crippen molar-refractivity contribution in [2.24, 2.45) is 0 Å². The molecule has 0 heterocycles. The first kappa shape index (κ1) is 9.70. The number of benzene rings is 1. The van der Waals surface area contributed by atoms with Crippen LogP contribution in [0.4, 0.5) is 0 Å². The number of rotatable bonds is 4. The summed E-state index contributed by atoms with van der Waals surface area (Å²) in [6.45, 7) is 2.19. The molecule has 1 nitrogen and oxygen atoms in total. The van der Waals surface area contributed by atoms with Crippen molar-refractivity contribution in [2.45, 2.75) is 19.8 Å². The summed E-state index contributed by atoms with van der Waals surface area (Å²) in [6, 6.07) is 8.40. The van der Waals surface area contributed by atoms with E-state index in [1.165, 1.54) is 17.2 Å². The van der Waals surface area contributed by atoms with Gasteiger partial charge in [0.15, 0.2) is 0 Å². The van der Waals surface area contributed by atoms with E-state index in [2.05, 4.69) is 35.6 Å². The van der Waals surface area contributed by atoms with Gasteiger partial charge >= 0.3 is 0 Å². The van der Waals surface area contributed by atoms with Gasteiger partial charge in [0.1, 0.15) is 0 Å². The molecule has 0 amide bonds. The fraction of sp³-hybridized carbons (Fsp3) is 0.333. The van der Waals surface area contributed by atoms with Gasteiger partial charge in [-0.3, -0.25) is 0 Å². The molecule has 3 heteroatoms. The van der Waals surface area contributed by atoms with Gasteiger partial charge in [0.2, 0.25) is 10.5 Å². The predicted octanol–water partition coefficient (Wildman–Crippen LogP) is 0.984. The first-order valence-electron chi connectivity index (χ1n) is 4.05. The van der Waals surface area contributed by atoms with Crippen molar-refractivity contribution in [1.29, 1.82) is 0 Å². The molecule has 5 radical (unpaired) electrons. The summed E-state index contributed by atoms with van der Waals surface area (Å²) in [5.41, 5.74) is 1.40. The summed E-state index contributed by atoms with van der Waals surface area (Å²) in [5.74, 6) is 0. The molecule has 0 unspecified atom stereocenters. The topological polar surface area (TPSA) is 9.23 Å². The first-order valence-corrected chi connectivity index (χ1v) is 5.36. The van der Waals surface area contributed by atoms with E-state index in [1.54, 1.807) is 0 Å². The van der Waals surface area contributed by atoms with E-state index in [9.17, 15) is 0 Å². The summed E-state index contributed by atoms with van der Waals surface area (Å²) in [4.78, 5) is 0. The Morgan fingerprint density at radius 2 is 2.17 bits per heavy atom. The predicted molar refractivity (Wildman–Crippen MR) is 52.7 cm³/mol. The smallest absolute Gasteiger partial charge is 0.256 e. The van der Waals surface area contributed by atoms with Gasteiger partial charge in [0, 0.05) is 0 Å². The van der Waals surface area contributed by atoms with Crippen LogP contribution in [0.15, 0.2) is 24.3 Å². The average molecular weight is 191 g/mol. The zero-order valence-corrected chi connectivity index (χ0v) is 9.13. The number of hydrogen-bond acceptors (Lipinski definition) is 1. The fourth-order valence-electron chi connectivity index (χ4n) is 1.16. The van der Waals surface area contributed by atoms with Crippen LogP contribution in [0.1, 0.15) is 18.9 Å². The van der Waals surface area contributed by atoms with Crippen molar-refractivity contribution in [1.82, 2.24) is 0 Å². The minimum atomic E-state index is 0.409. The maximum absolute atomic E-state index is 4.95. The van der Waals surface area contributed by atoms with Crippen LogP contribution in [0.25, 0.3) is 0 Å². The highest BCUT2D eigenvalue weighted by Gasteiger charge is 2.00. The highest BCUT2D eigenvalue weighted by molar-refractivity contribution is 6.51. The Morgan fingerprint density at radius 3 is 2.83 bits per heavy atom. The van der Waals surface area contributed by atoms with Gasteiger partial charge in [-0.2, -0.15) is 0 Å². The fourth-order valence-corrected chi connectivity index (χ4v) is 2.11. The molecular weight excluding hydrogens is 180 g/mol. The van der Waals surface area contributed by atoms with Crippen molar-refractivity contribution in [3.05, 3.63) is 29.8 Å². The Kier molecular flexibility index (Phi) is 4.28. The second kappa shape index (κ2) is 5.29. The van der Waals surface area contributed by atoms with Gasteiger partial charge < -0.3 is 4.12 Å². The molecule has 0 spiro atoms. The average Bonchev–Trinajstić information content (AvgIpc) is 2.09. The maximum atomic E-state index is 4.95. The summed E-state index contributed by atoms with van der Waals surface area (Å²) in [7, 11) is 3.44. The molecule has 0 aromatic heterocycles. The quantitative estimate of drug-likeness (QED) is 0.645. The molecule has 0 aliphatic heterocycles. The van der Waals surface area contributed by atoms with Crippen LogP contribution < -0.4 is 5.19 Å². The van der Waals surface area contributed by atoms with Gasteiger partial charge in [-0.05, 0) is 17.2 Å². The second-order valence-corrected chi connectivity index (χ2v) is 4.17. The van der Waals surface area contributed by atoms with Crippen molar-refractivity contribution in [3.63, 3.8) is 0 Å². The lowest BCUT2D eigenvalue weighted by Crippen LogP contribution is -2.20. The number of hydrogen-bond donors (Lipinski definition) is 0. The summed E-state index contributed by atoms with van der Waals surface area (Å²) in [6.07, 6.45) is 2.32. The Balaban J connectivity index is 2.77. The highest BCUT2D eigenvalue weighted by Crippen LogP contribution is 1.99. The van der Waals surface area contributed by atoms with Gasteiger partial charge in [-0.1, -0.05) is 37.6 Å². The Labute approximate surface area is 79.6 Å². The second-order valence-electron chi connectivity index (χ2n) is 2.61. The maximum Gasteiger partial charge on any atom is 0.256 e. The zero-order valence-electron chi connectivity index (χ0n) is 7.13. The van der Waals surface area contributed by atoms with E-state index in [1.807, 2.05) is 6.07 Å². The summed E-state index contributed by atoms with van der Waals surface area (Å²) < 4.78 is 4.95. The van der Waals surface area contributed by atoms with Gasteiger partial charge in [0.25, 0.3) is 9.76 Å². The molecule has 1 aromatic carbocycles. The molecule has 0 saturated carbocycles. The minimum absolute atomic E-state index is 0.409. The Bertz CT molecular complexity index is 213. The normalized spacial score (nSPS) is 10.2. The lowest BCUT2D eigenvalue weighted by molar-refractivity contribution is 0.676. The molecule has 1 rings (SSSR count). The van der Waals surface area contributed by atoms with Crippen molar-refractivity contribution >= 4 is 25.4 Å². The molecule has 0 N–H and O–H groups in total. The van der Waals surface area contributed by atoms with E-state index >= 15 is 0 Å². The van der Waals surface area contributed by atoms with Crippen LogP contribution in [-0.2, 0) is 10.5 Å². The molecule has 61 valence electrons. The number of aryl methyl sites for hydroxylation is 1. The molecule has 0 atom stereocenters. The third kappa shape index (κ3) is 2.58. The third-order valence-electron chi connectivity index (χ3n) is 1.70. The Hall–Kier alpha value is -0.386. The van der Waals surface area contributed by atoms with E-state index < -0.39 is 0 Å². The van der Waals surface area contributed by atoms with E-state index in [0.29, 0.717) is 9.76 Å².